The van der Waals surface area contributed by atoms with E-state index in [9.17, 15) is 18.9 Å². The number of aryl methyl sites for hydroxylation is 1. The van der Waals surface area contributed by atoms with Gasteiger partial charge in [0.15, 0.2) is 16.8 Å². The van der Waals surface area contributed by atoms with Gasteiger partial charge in [-0.25, -0.2) is 15.0 Å². The van der Waals surface area contributed by atoms with Crippen LogP contribution in [0.4, 0.5) is 11.9 Å². The number of rotatable bonds is 20. The van der Waals surface area contributed by atoms with Crippen LogP contribution in [0.3, 0.4) is 0 Å². The average molecular weight is 737 g/mol. The van der Waals surface area contributed by atoms with Crippen LogP contribution >= 0.6 is 15.2 Å². The van der Waals surface area contributed by atoms with Gasteiger partial charge >= 0.3 is 15.2 Å². The molecule has 0 bridgehead atoms. The number of anilines is 2. The third-order valence-electron chi connectivity index (χ3n) is 7.06. The Hall–Kier alpha value is -3.72. The zero-order valence-corrected chi connectivity index (χ0v) is 31.0. The minimum absolute atomic E-state index is 0.0987. The maximum Gasteiger partial charge on any atom is 0.328 e. The van der Waals surface area contributed by atoms with E-state index < -0.39 is 15.2 Å². The predicted octanol–water partition coefficient (Wildman–Crippen LogP) is 5.42. The molecule has 4 aromatic rings. The van der Waals surface area contributed by atoms with Crippen molar-refractivity contribution in [3.8, 4) is 5.88 Å². The zero-order chi connectivity index (χ0) is 36.6. The topological polar surface area (TPSA) is 242 Å². The Balaban J connectivity index is 0.000000271. The van der Waals surface area contributed by atoms with E-state index in [4.69, 9.17) is 25.3 Å². The number of unbranched alkanes of at least 4 members (excludes halogenated alkanes) is 2. The van der Waals surface area contributed by atoms with Crippen molar-refractivity contribution in [3.63, 3.8) is 0 Å². The molecule has 17 nitrogen and oxygen atoms in total. The summed E-state index contributed by atoms with van der Waals surface area (Å²) >= 11 is 0. The van der Waals surface area contributed by atoms with Crippen LogP contribution in [0, 0.1) is 6.92 Å². The maximum absolute atomic E-state index is 11.8. The van der Waals surface area contributed by atoms with E-state index in [2.05, 4.69) is 29.9 Å². The molecular weight excluding hydrogens is 686 g/mol. The summed E-state index contributed by atoms with van der Waals surface area (Å²) in [5.41, 5.74) is 14.7. The second-order valence-electron chi connectivity index (χ2n) is 11.2. The van der Waals surface area contributed by atoms with Gasteiger partial charge in [-0.15, -0.1) is 0 Å². The second-order valence-corrected chi connectivity index (χ2v) is 15.2. The van der Waals surface area contributed by atoms with Crippen LogP contribution in [-0.4, -0.2) is 81.0 Å². The number of aromatic nitrogens is 8. The number of allylic oxidation sites excluding steroid dienone is 4. The molecule has 19 heteroatoms. The molecule has 276 valence electrons. The summed E-state index contributed by atoms with van der Waals surface area (Å²) < 4.78 is 42.8. The second kappa shape index (κ2) is 20.2. The summed E-state index contributed by atoms with van der Waals surface area (Å²) in [5, 5.41) is 0. The highest BCUT2D eigenvalue weighted by atomic mass is 31.2. The minimum Gasteiger partial charge on any atom is -0.476 e. The van der Waals surface area contributed by atoms with Gasteiger partial charge in [0.1, 0.15) is 5.52 Å². The smallest absolute Gasteiger partial charge is 0.328 e. The van der Waals surface area contributed by atoms with Gasteiger partial charge in [0.05, 0.1) is 50.5 Å². The average Bonchev–Trinajstić information content (AvgIpc) is 3.65. The first kappa shape index (κ1) is 40.7. The molecule has 0 spiro atoms. The quantitative estimate of drug-likeness (QED) is 0.0503. The van der Waals surface area contributed by atoms with Crippen LogP contribution in [0.2, 0.25) is 0 Å². The lowest BCUT2D eigenvalue weighted by molar-refractivity contribution is 0.254. The van der Waals surface area contributed by atoms with Gasteiger partial charge in [-0.05, 0) is 39.5 Å². The van der Waals surface area contributed by atoms with Crippen molar-refractivity contribution in [2.45, 2.75) is 79.3 Å². The lowest BCUT2D eigenvalue weighted by Gasteiger charge is -2.10. The van der Waals surface area contributed by atoms with Crippen molar-refractivity contribution in [2.24, 2.45) is 0 Å². The predicted molar refractivity (Wildman–Crippen MR) is 194 cm³/mol. The molecule has 2 atom stereocenters. The van der Waals surface area contributed by atoms with Gasteiger partial charge in [0.2, 0.25) is 17.8 Å². The third-order valence-corrected chi connectivity index (χ3v) is 9.88. The number of nitrogen functional groups attached to an aromatic ring is 2. The van der Waals surface area contributed by atoms with Gasteiger partial charge in [-0.2, -0.15) is 15.0 Å². The molecule has 0 saturated carbocycles. The monoisotopic (exact) mass is 736 g/mol. The molecule has 6 N–H and O–H groups in total. The van der Waals surface area contributed by atoms with Crippen molar-refractivity contribution in [3.05, 3.63) is 42.7 Å². The van der Waals surface area contributed by atoms with Gasteiger partial charge in [0.25, 0.3) is 0 Å². The zero-order valence-electron chi connectivity index (χ0n) is 29.2. The summed E-state index contributed by atoms with van der Waals surface area (Å²) in [5.74, 6) is 0.705. The van der Waals surface area contributed by atoms with Crippen LogP contribution in [0.1, 0.15) is 65.0 Å². The third kappa shape index (κ3) is 13.2. The Bertz CT molecular complexity index is 1810. The Morgan fingerprint density at radius 2 is 1.22 bits per heavy atom. The molecule has 0 aliphatic heterocycles. The number of nitrogens with zero attached hydrogens (tertiary/aromatic N) is 8. The summed E-state index contributed by atoms with van der Waals surface area (Å²) in [4.78, 5) is 44.5. The molecule has 4 aromatic heterocycles. The van der Waals surface area contributed by atoms with Gasteiger partial charge in [-0.1, -0.05) is 51.0 Å². The summed E-state index contributed by atoms with van der Waals surface area (Å²) in [6.45, 7) is 9.87. The fraction of sp³-hybridized carbons (Fsp3) is 0.548. The van der Waals surface area contributed by atoms with Crippen LogP contribution in [0.25, 0.3) is 22.3 Å². The van der Waals surface area contributed by atoms with Crippen LogP contribution < -0.4 is 16.2 Å². The fourth-order valence-corrected chi connectivity index (χ4v) is 6.50. The first-order valence-electron chi connectivity index (χ1n) is 16.7. The summed E-state index contributed by atoms with van der Waals surface area (Å²) in [6.07, 6.45) is 15.4. The number of nitrogens with two attached hydrogens (primary N) is 2. The minimum atomic E-state index is -3.51. The number of hydrogen-bond donors (Lipinski definition) is 4. The van der Waals surface area contributed by atoms with Crippen molar-refractivity contribution in [1.29, 1.82) is 0 Å². The van der Waals surface area contributed by atoms with Gasteiger partial charge in [-0.3, -0.25) is 9.13 Å². The number of imidazole rings is 2. The van der Waals surface area contributed by atoms with Gasteiger partial charge < -0.3 is 44.2 Å². The SMILES string of the molecule is CCCCOP(=O)(O)CC/C=C\Cn1cnc2c(C)nc(N)nc21.CCCCOP(=O)(O)CC/C=C\Cn1cnc2c(OCC)nc(N)nc21. The molecule has 0 amide bonds. The molecule has 0 fully saturated rings. The maximum atomic E-state index is 11.8. The van der Waals surface area contributed by atoms with E-state index in [-0.39, 0.29) is 24.2 Å². The normalized spacial score (nSPS) is 14.3. The van der Waals surface area contributed by atoms with Crippen LogP contribution in [-0.2, 0) is 31.3 Å². The molecule has 50 heavy (non-hydrogen) atoms. The molecular formula is C31H50N10O7P2. The lowest BCUT2D eigenvalue weighted by Crippen LogP contribution is -2.03. The summed E-state index contributed by atoms with van der Waals surface area (Å²) in [6, 6.07) is 0. The molecule has 0 radical (unpaired) electrons. The molecule has 0 saturated heterocycles. The van der Waals surface area contributed by atoms with Crippen molar-refractivity contribution in [2.75, 3.05) is 43.6 Å². The fourth-order valence-electron chi connectivity index (χ4n) is 4.46. The van der Waals surface area contributed by atoms with Crippen LogP contribution in [0.15, 0.2) is 37.0 Å². The first-order valence-corrected chi connectivity index (χ1v) is 20.2. The van der Waals surface area contributed by atoms with Gasteiger partial charge in [0, 0.05) is 13.1 Å². The molecule has 0 aliphatic rings. The van der Waals surface area contributed by atoms with Crippen LogP contribution in [0.5, 0.6) is 5.88 Å². The van der Waals surface area contributed by atoms with E-state index in [0.717, 1.165) is 36.9 Å². The Morgan fingerprint density at radius 1 is 0.740 bits per heavy atom. The molecule has 4 heterocycles. The van der Waals surface area contributed by atoms with E-state index in [1.807, 2.05) is 61.1 Å². The lowest BCUT2D eigenvalue weighted by atomic mass is 10.4. The number of fused-ring (bicyclic) bond motifs is 2. The van der Waals surface area contributed by atoms with E-state index in [1.165, 1.54) is 0 Å². The van der Waals surface area contributed by atoms with E-state index in [0.29, 0.717) is 68.4 Å². The van der Waals surface area contributed by atoms with Crippen molar-refractivity contribution in [1.82, 2.24) is 39.0 Å². The first-order chi connectivity index (χ1) is 23.9. The van der Waals surface area contributed by atoms with E-state index >= 15 is 0 Å². The Kier molecular flexibility index (Phi) is 16.5. The number of hydrogen-bond acceptors (Lipinski definition) is 13. The molecule has 2 unspecified atom stereocenters. The molecule has 4 rings (SSSR count). The van der Waals surface area contributed by atoms with Crippen molar-refractivity contribution >= 4 is 49.4 Å². The summed E-state index contributed by atoms with van der Waals surface area (Å²) in [7, 11) is -6.99. The standard InChI is InChI=1S/C16H26N5O4P.C15H24N5O3P/c1-3-5-10-25-26(22,23)11-8-6-7-9-21-12-18-13-14(21)19-16(17)20-15(13)24-4-2;1-3-4-9-23-24(21,22)10-7-5-6-8-20-11-17-13-12(2)18-15(16)19-14(13)20/h6-7,12H,3-5,8-11H2,1-2H3,(H,22,23)(H2,17,19,20);5-6,11H,3-4,7-10H2,1-2H3,(H,21,22)(H2,16,18,19)/b7-6-;6-5-. The highest BCUT2D eigenvalue weighted by Crippen LogP contribution is 2.43. The number of ether oxygens (including phenoxy) is 1. The highest BCUT2D eigenvalue weighted by Gasteiger charge is 2.18. The molecule has 0 aliphatic carbocycles. The molecule has 0 aromatic carbocycles. The van der Waals surface area contributed by atoms with Crippen molar-refractivity contribution < 1.29 is 32.7 Å². The Labute approximate surface area is 292 Å². The van der Waals surface area contributed by atoms with E-state index in [1.54, 1.807) is 12.7 Å². The Morgan fingerprint density at radius 3 is 1.72 bits per heavy atom. The largest absolute Gasteiger partial charge is 0.476 e. The highest BCUT2D eigenvalue weighted by molar-refractivity contribution is 7.53.